The van der Waals surface area contributed by atoms with E-state index in [2.05, 4.69) is 5.32 Å². The normalized spacial score (nSPS) is 10.2. The third-order valence-corrected chi connectivity index (χ3v) is 2.83. The van der Waals surface area contributed by atoms with Crippen molar-refractivity contribution in [2.24, 2.45) is 0 Å². The number of anilines is 1. The lowest BCUT2D eigenvalue weighted by Gasteiger charge is -2.10. The van der Waals surface area contributed by atoms with Crippen molar-refractivity contribution in [3.63, 3.8) is 0 Å². The molecule has 0 aliphatic carbocycles. The largest absolute Gasteiger partial charge is 0.426 e. The number of amides is 1. The number of hydrogen-bond acceptors (Lipinski definition) is 3. The van der Waals surface area contributed by atoms with Crippen LogP contribution < -0.4 is 10.1 Å². The van der Waals surface area contributed by atoms with E-state index in [0.717, 1.165) is 12.5 Å². The molecule has 2 rings (SSSR count). The molecule has 0 heterocycles. The SMILES string of the molecule is CC(=O)Oc1cc(F)c(F)cc1C(=O)Nc1ccc(C)cc1. The number of benzene rings is 2. The second-order valence-electron chi connectivity index (χ2n) is 4.68. The molecule has 0 saturated carbocycles. The maximum absolute atomic E-state index is 13.4. The molecule has 22 heavy (non-hydrogen) atoms. The van der Waals surface area contributed by atoms with Gasteiger partial charge in [-0.25, -0.2) is 8.78 Å². The molecule has 1 N–H and O–H groups in total. The lowest BCUT2D eigenvalue weighted by molar-refractivity contribution is -0.131. The average molecular weight is 305 g/mol. The van der Waals surface area contributed by atoms with Crippen LogP contribution in [-0.4, -0.2) is 11.9 Å². The van der Waals surface area contributed by atoms with E-state index in [9.17, 15) is 18.4 Å². The Morgan fingerprint density at radius 1 is 1.05 bits per heavy atom. The monoisotopic (exact) mass is 305 g/mol. The number of esters is 1. The molecule has 6 heteroatoms. The molecule has 0 fully saturated rings. The van der Waals surface area contributed by atoms with Gasteiger partial charge in [0.1, 0.15) is 5.75 Å². The second kappa shape index (κ2) is 6.34. The van der Waals surface area contributed by atoms with Crippen LogP contribution in [-0.2, 0) is 4.79 Å². The van der Waals surface area contributed by atoms with Crippen LogP contribution in [0.2, 0.25) is 0 Å². The Hall–Kier alpha value is -2.76. The first-order chi connectivity index (χ1) is 10.4. The van der Waals surface area contributed by atoms with Gasteiger partial charge < -0.3 is 10.1 Å². The number of aryl methyl sites for hydroxylation is 1. The van der Waals surface area contributed by atoms with Crippen molar-refractivity contribution in [2.45, 2.75) is 13.8 Å². The molecule has 0 bridgehead atoms. The average Bonchev–Trinajstić information content (AvgIpc) is 2.44. The fourth-order valence-electron chi connectivity index (χ4n) is 1.78. The van der Waals surface area contributed by atoms with Crippen LogP contribution in [0.1, 0.15) is 22.8 Å². The van der Waals surface area contributed by atoms with Gasteiger partial charge in [0.15, 0.2) is 11.6 Å². The minimum Gasteiger partial charge on any atom is -0.426 e. The molecule has 114 valence electrons. The van der Waals surface area contributed by atoms with Gasteiger partial charge in [-0.15, -0.1) is 0 Å². The van der Waals surface area contributed by atoms with Crippen molar-refractivity contribution in [3.8, 4) is 5.75 Å². The Balaban J connectivity index is 2.33. The maximum atomic E-state index is 13.4. The van der Waals surface area contributed by atoms with Crippen LogP contribution in [0.4, 0.5) is 14.5 Å². The Morgan fingerprint density at radius 3 is 2.23 bits per heavy atom. The van der Waals surface area contributed by atoms with Gasteiger partial charge in [0.05, 0.1) is 5.56 Å². The first-order valence-electron chi connectivity index (χ1n) is 6.42. The van der Waals surface area contributed by atoms with E-state index in [0.29, 0.717) is 17.8 Å². The summed E-state index contributed by atoms with van der Waals surface area (Å²) in [5, 5.41) is 2.53. The lowest BCUT2D eigenvalue weighted by atomic mass is 10.1. The molecule has 0 atom stereocenters. The smallest absolute Gasteiger partial charge is 0.308 e. The summed E-state index contributed by atoms with van der Waals surface area (Å²) in [5.41, 5.74) is 1.22. The molecular weight excluding hydrogens is 292 g/mol. The van der Waals surface area contributed by atoms with Gasteiger partial charge in [-0.2, -0.15) is 0 Å². The fraction of sp³-hybridized carbons (Fsp3) is 0.125. The third kappa shape index (κ3) is 3.66. The van der Waals surface area contributed by atoms with E-state index in [4.69, 9.17) is 4.74 Å². The van der Waals surface area contributed by atoms with Gasteiger partial charge >= 0.3 is 5.97 Å². The summed E-state index contributed by atoms with van der Waals surface area (Å²) < 4.78 is 31.4. The predicted molar refractivity (Wildman–Crippen MR) is 76.8 cm³/mol. The number of carbonyl (C=O) groups excluding carboxylic acids is 2. The Kier molecular flexibility index (Phi) is 4.50. The van der Waals surface area contributed by atoms with E-state index >= 15 is 0 Å². The van der Waals surface area contributed by atoms with E-state index in [1.54, 1.807) is 24.3 Å². The van der Waals surface area contributed by atoms with Crippen LogP contribution in [0.25, 0.3) is 0 Å². The first-order valence-corrected chi connectivity index (χ1v) is 6.42. The minimum atomic E-state index is -1.21. The summed E-state index contributed by atoms with van der Waals surface area (Å²) in [5.74, 6) is -4.20. The molecule has 2 aromatic rings. The van der Waals surface area contributed by atoms with Gasteiger partial charge in [0.25, 0.3) is 5.91 Å². The number of halogens is 2. The highest BCUT2D eigenvalue weighted by Gasteiger charge is 2.18. The van der Waals surface area contributed by atoms with Gasteiger partial charge in [-0.1, -0.05) is 17.7 Å². The van der Waals surface area contributed by atoms with Crippen molar-refractivity contribution < 1.29 is 23.1 Å². The molecule has 0 saturated heterocycles. The molecule has 0 spiro atoms. The van der Waals surface area contributed by atoms with Crippen LogP contribution in [0.15, 0.2) is 36.4 Å². The topological polar surface area (TPSA) is 55.4 Å². The molecule has 0 aliphatic rings. The van der Waals surface area contributed by atoms with E-state index in [1.807, 2.05) is 6.92 Å². The molecule has 2 aromatic carbocycles. The van der Waals surface area contributed by atoms with E-state index < -0.39 is 23.5 Å². The Morgan fingerprint density at radius 2 is 1.64 bits per heavy atom. The summed E-state index contributed by atoms with van der Waals surface area (Å²) in [4.78, 5) is 23.2. The molecule has 0 radical (unpaired) electrons. The molecule has 0 unspecified atom stereocenters. The molecule has 0 aliphatic heterocycles. The van der Waals surface area contributed by atoms with Gasteiger partial charge in [-0.3, -0.25) is 9.59 Å². The standard InChI is InChI=1S/C16H13F2NO3/c1-9-3-5-11(6-4-9)19-16(21)12-7-13(17)14(18)8-15(12)22-10(2)20/h3-8H,1-2H3,(H,19,21). The van der Waals surface area contributed by atoms with Crippen molar-refractivity contribution in [1.82, 2.24) is 0 Å². The molecule has 0 aromatic heterocycles. The highest BCUT2D eigenvalue weighted by Crippen LogP contribution is 2.24. The van der Waals surface area contributed by atoms with Crippen LogP contribution >= 0.6 is 0 Å². The Labute approximate surface area is 125 Å². The quantitative estimate of drug-likeness (QED) is 0.698. The summed E-state index contributed by atoms with van der Waals surface area (Å²) in [6.07, 6.45) is 0. The van der Waals surface area contributed by atoms with E-state index in [1.165, 1.54) is 0 Å². The highest BCUT2D eigenvalue weighted by atomic mass is 19.2. The van der Waals surface area contributed by atoms with Crippen LogP contribution in [0.3, 0.4) is 0 Å². The van der Waals surface area contributed by atoms with E-state index in [-0.39, 0.29) is 11.3 Å². The summed E-state index contributed by atoms with van der Waals surface area (Å²) in [6.45, 7) is 2.99. The summed E-state index contributed by atoms with van der Waals surface area (Å²) in [7, 11) is 0. The van der Waals surface area contributed by atoms with Crippen molar-refractivity contribution in [1.29, 1.82) is 0 Å². The zero-order chi connectivity index (χ0) is 16.3. The zero-order valence-corrected chi connectivity index (χ0v) is 11.9. The molecule has 4 nitrogen and oxygen atoms in total. The highest BCUT2D eigenvalue weighted by molar-refractivity contribution is 6.06. The molecule has 1 amide bonds. The molecular formula is C16H13F2NO3. The van der Waals surface area contributed by atoms with Crippen molar-refractivity contribution in [3.05, 3.63) is 59.2 Å². The predicted octanol–water partition coefficient (Wildman–Crippen LogP) is 3.45. The summed E-state index contributed by atoms with van der Waals surface area (Å²) in [6, 6.07) is 8.26. The Bertz CT molecular complexity index is 727. The van der Waals surface area contributed by atoms with Crippen molar-refractivity contribution >= 4 is 17.6 Å². The number of hydrogen-bond donors (Lipinski definition) is 1. The van der Waals surface area contributed by atoms with Crippen molar-refractivity contribution in [2.75, 3.05) is 5.32 Å². The number of ether oxygens (including phenoxy) is 1. The van der Waals surface area contributed by atoms with Crippen LogP contribution in [0, 0.1) is 18.6 Å². The van der Waals surface area contributed by atoms with Gasteiger partial charge in [0, 0.05) is 18.7 Å². The lowest BCUT2D eigenvalue weighted by Crippen LogP contribution is -2.15. The van der Waals surface area contributed by atoms with Gasteiger partial charge in [0.2, 0.25) is 0 Å². The zero-order valence-electron chi connectivity index (χ0n) is 11.9. The third-order valence-electron chi connectivity index (χ3n) is 2.83. The van der Waals surface area contributed by atoms with Crippen LogP contribution in [0.5, 0.6) is 5.75 Å². The maximum Gasteiger partial charge on any atom is 0.308 e. The first kappa shape index (κ1) is 15.6. The number of nitrogens with one attached hydrogen (secondary N) is 1. The summed E-state index contributed by atoms with van der Waals surface area (Å²) >= 11 is 0. The minimum absolute atomic E-state index is 0.269. The second-order valence-corrected chi connectivity index (χ2v) is 4.68. The number of rotatable bonds is 3. The fourth-order valence-corrected chi connectivity index (χ4v) is 1.78. The number of carbonyl (C=O) groups is 2. The van der Waals surface area contributed by atoms with Gasteiger partial charge in [-0.05, 0) is 25.1 Å².